The maximum Gasteiger partial charge on any atom is 0.433 e. The summed E-state index contributed by atoms with van der Waals surface area (Å²) in [7, 11) is 0. The zero-order chi connectivity index (χ0) is 30.2. The fourth-order valence-electron chi connectivity index (χ4n) is 6.22. The molecule has 0 saturated heterocycles. The lowest BCUT2D eigenvalue weighted by atomic mass is 9.74. The van der Waals surface area contributed by atoms with Crippen LogP contribution in [0.15, 0.2) is 18.6 Å². The van der Waals surface area contributed by atoms with Crippen LogP contribution in [-0.2, 0) is 16.6 Å². The summed E-state index contributed by atoms with van der Waals surface area (Å²) < 4.78 is 44.5. The van der Waals surface area contributed by atoms with Gasteiger partial charge in [0, 0.05) is 24.5 Å². The molecule has 2 fully saturated rings. The van der Waals surface area contributed by atoms with Gasteiger partial charge in [-0.05, 0) is 58.3 Å². The van der Waals surface area contributed by atoms with Crippen molar-refractivity contribution < 1.29 is 33.0 Å². The van der Waals surface area contributed by atoms with Crippen LogP contribution in [0.5, 0.6) is 0 Å². The summed E-state index contributed by atoms with van der Waals surface area (Å²) in [5.74, 6) is -1.83. The van der Waals surface area contributed by atoms with E-state index in [-0.39, 0.29) is 60.3 Å². The van der Waals surface area contributed by atoms with Gasteiger partial charge in [-0.3, -0.25) is 19.3 Å². The second-order valence-corrected chi connectivity index (χ2v) is 12.7. The Bertz CT molecular complexity index is 1250. The normalized spacial score (nSPS) is 23.7. The molecule has 41 heavy (non-hydrogen) atoms. The topological polar surface area (TPSA) is 109 Å². The van der Waals surface area contributed by atoms with Crippen LogP contribution >= 0.6 is 23.2 Å². The molecule has 1 unspecified atom stereocenters. The van der Waals surface area contributed by atoms with Crippen LogP contribution in [-0.4, -0.2) is 54.8 Å². The first kappa shape index (κ1) is 31.6. The molecule has 8 nitrogen and oxygen atoms in total. The molecule has 0 radical (unpaired) electrons. The smallest absolute Gasteiger partial charge is 0.433 e. The zero-order valence-corrected chi connectivity index (χ0v) is 24.6. The second kappa shape index (κ2) is 12.1. The quantitative estimate of drug-likeness (QED) is 0.339. The molecule has 0 bridgehead atoms. The Morgan fingerprint density at radius 3 is 2.20 bits per heavy atom. The molecule has 2 aliphatic rings. The van der Waals surface area contributed by atoms with E-state index in [1.54, 1.807) is 6.92 Å². The molecule has 2 heterocycles. The summed E-state index contributed by atoms with van der Waals surface area (Å²) in [4.78, 5) is 30.7. The number of aliphatic hydroxyl groups is 1. The number of amides is 1. The Labute approximate surface area is 246 Å². The minimum Gasteiger partial charge on any atom is -0.481 e. The van der Waals surface area contributed by atoms with Gasteiger partial charge in [0.2, 0.25) is 0 Å². The first-order valence-electron chi connectivity index (χ1n) is 13.8. The lowest BCUT2D eigenvalue weighted by Crippen LogP contribution is -2.45. The second-order valence-electron chi connectivity index (χ2n) is 11.9. The number of carbonyl (C=O) groups is 2. The van der Waals surface area contributed by atoms with Gasteiger partial charge in [-0.1, -0.05) is 42.5 Å². The van der Waals surface area contributed by atoms with Gasteiger partial charge in [0.25, 0.3) is 5.91 Å². The molecule has 13 heteroatoms. The lowest BCUT2D eigenvalue weighted by molar-refractivity contribution is -0.152. The van der Waals surface area contributed by atoms with Gasteiger partial charge in [0.15, 0.2) is 5.69 Å². The van der Waals surface area contributed by atoms with Crippen LogP contribution in [0.2, 0.25) is 10.0 Å². The SMILES string of the molecule is CC(O)(CN(CC1CCCCC1)C(=O)c1cnn([C@H]2CC[C@](C)(C(=O)O)CC2)c1C(F)(F)F)c1c(Cl)cncc1Cl. The maximum atomic E-state index is 14.6. The minimum absolute atomic E-state index is 0.0586. The van der Waals surface area contributed by atoms with Crippen molar-refractivity contribution >= 4 is 35.1 Å². The Morgan fingerprint density at radius 2 is 1.66 bits per heavy atom. The third kappa shape index (κ3) is 6.83. The van der Waals surface area contributed by atoms with Gasteiger partial charge in [0.05, 0.1) is 39.8 Å². The van der Waals surface area contributed by atoms with Crippen LogP contribution in [0.25, 0.3) is 0 Å². The van der Waals surface area contributed by atoms with E-state index in [1.165, 1.54) is 24.2 Å². The zero-order valence-electron chi connectivity index (χ0n) is 23.1. The number of alkyl halides is 3. The predicted octanol–water partition coefficient (Wildman–Crippen LogP) is 6.74. The molecule has 0 aliphatic heterocycles. The van der Waals surface area contributed by atoms with E-state index in [4.69, 9.17) is 23.2 Å². The van der Waals surface area contributed by atoms with E-state index in [1.807, 2.05) is 0 Å². The molecule has 0 aromatic carbocycles. The Hall–Kier alpha value is -2.37. The Kier molecular flexibility index (Phi) is 9.31. The van der Waals surface area contributed by atoms with E-state index in [0.29, 0.717) is 0 Å². The number of hydrogen-bond donors (Lipinski definition) is 2. The fourth-order valence-corrected chi connectivity index (χ4v) is 7.00. The fraction of sp³-hybridized carbons (Fsp3) is 0.643. The molecular weight excluding hydrogens is 584 g/mol. The molecule has 2 aromatic heterocycles. The van der Waals surface area contributed by atoms with Crippen LogP contribution in [0.4, 0.5) is 13.2 Å². The highest BCUT2D eigenvalue weighted by atomic mass is 35.5. The van der Waals surface area contributed by atoms with E-state index < -0.39 is 46.4 Å². The molecule has 1 amide bonds. The summed E-state index contributed by atoms with van der Waals surface area (Å²) in [6.07, 6.45) is 3.98. The van der Waals surface area contributed by atoms with Crippen molar-refractivity contribution in [3.8, 4) is 0 Å². The highest BCUT2D eigenvalue weighted by molar-refractivity contribution is 6.35. The number of aromatic nitrogens is 3. The molecule has 0 spiro atoms. The number of halogens is 5. The summed E-state index contributed by atoms with van der Waals surface area (Å²) in [5.41, 5.74) is -4.45. The number of carbonyl (C=O) groups excluding carboxylic acids is 1. The van der Waals surface area contributed by atoms with Crippen molar-refractivity contribution in [1.82, 2.24) is 19.7 Å². The number of aliphatic carboxylic acids is 1. The van der Waals surface area contributed by atoms with Gasteiger partial charge < -0.3 is 15.1 Å². The number of pyridine rings is 1. The molecule has 1 atom stereocenters. The molecule has 2 N–H and O–H groups in total. The van der Waals surface area contributed by atoms with Gasteiger partial charge >= 0.3 is 12.1 Å². The average molecular weight is 620 g/mol. The van der Waals surface area contributed by atoms with Crippen LogP contribution in [0.1, 0.15) is 99.3 Å². The average Bonchev–Trinajstić information content (AvgIpc) is 3.34. The molecule has 4 rings (SSSR count). The molecular formula is C28H35Cl2F3N4O4. The van der Waals surface area contributed by atoms with Crippen molar-refractivity contribution in [3.05, 3.63) is 45.5 Å². The molecule has 226 valence electrons. The van der Waals surface area contributed by atoms with Gasteiger partial charge in [-0.2, -0.15) is 18.3 Å². The highest BCUT2D eigenvalue weighted by Crippen LogP contribution is 2.44. The summed E-state index contributed by atoms with van der Waals surface area (Å²) in [6, 6.07) is -0.704. The lowest BCUT2D eigenvalue weighted by Gasteiger charge is -2.36. The largest absolute Gasteiger partial charge is 0.481 e. The Balaban J connectivity index is 1.69. The van der Waals surface area contributed by atoms with Gasteiger partial charge in [-0.25, -0.2) is 0 Å². The van der Waals surface area contributed by atoms with Gasteiger partial charge in [-0.15, -0.1) is 0 Å². The van der Waals surface area contributed by atoms with Crippen molar-refractivity contribution in [3.63, 3.8) is 0 Å². The maximum absolute atomic E-state index is 14.6. The van der Waals surface area contributed by atoms with Gasteiger partial charge in [0.1, 0.15) is 5.60 Å². The van der Waals surface area contributed by atoms with E-state index in [9.17, 15) is 33.0 Å². The summed E-state index contributed by atoms with van der Waals surface area (Å²) >= 11 is 12.6. The van der Waals surface area contributed by atoms with E-state index in [0.717, 1.165) is 43.0 Å². The number of carboxylic acids is 1. The number of nitrogens with zero attached hydrogens (tertiary/aromatic N) is 4. The third-order valence-corrected chi connectivity index (χ3v) is 9.17. The van der Waals surface area contributed by atoms with Crippen molar-refractivity contribution in [2.45, 2.75) is 89.5 Å². The van der Waals surface area contributed by atoms with Crippen molar-refractivity contribution in [2.24, 2.45) is 11.3 Å². The summed E-state index contributed by atoms with van der Waals surface area (Å²) in [5, 5.41) is 25.2. The molecule has 2 saturated carbocycles. The first-order valence-corrected chi connectivity index (χ1v) is 14.6. The monoisotopic (exact) mass is 618 g/mol. The minimum atomic E-state index is -4.90. The van der Waals surface area contributed by atoms with Crippen molar-refractivity contribution in [2.75, 3.05) is 13.1 Å². The first-order chi connectivity index (χ1) is 19.1. The van der Waals surface area contributed by atoms with Crippen LogP contribution in [0.3, 0.4) is 0 Å². The van der Waals surface area contributed by atoms with Crippen LogP contribution in [0, 0.1) is 11.3 Å². The third-order valence-electron chi connectivity index (χ3n) is 8.60. The number of hydrogen-bond acceptors (Lipinski definition) is 5. The highest BCUT2D eigenvalue weighted by Gasteiger charge is 2.45. The standard InChI is InChI=1S/C28H35Cl2F3N4O4/c1-26(25(39)40)10-8-18(9-11-26)37-23(28(31,32)33)19(12-35-37)24(38)36(15-17-6-4-3-5-7-17)16-27(2,41)22-20(29)13-34-14-21(22)30/h12-14,17-18,41H,3-11,15-16H2,1-2H3,(H,39,40)/t18-,26-,27?. The van der Waals surface area contributed by atoms with Crippen LogP contribution < -0.4 is 0 Å². The Morgan fingerprint density at radius 1 is 1.07 bits per heavy atom. The number of carboxylic acid groups (broad SMARTS) is 1. The predicted molar refractivity (Wildman–Crippen MR) is 147 cm³/mol. The molecule has 2 aromatic rings. The van der Waals surface area contributed by atoms with E-state index >= 15 is 0 Å². The van der Waals surface area contributed by atoms with Crippen molar-refractivity contribution in [1.29, 1.82) is 0 Å². The van der Waals surface area contributed by atoms with E-state index in [2.05, 4.69) is 10.1 Å². The number of rotatable bonds is 8. The molecule has 2 aliphatic carbocycles. The summed E-state index contributed by atoms with van der Waals surface area (Å²) in [6.45, 7) is 2.80.